The zero-order chi connectivity index (χ0) is 13.1. The highest BCUT2D eigenvalue weighted by atomic mass is 19.1. The fourth-order valence-corrected chi connectivity index (χ4v) is 1.58. The number of hydrogen-bond donors (Lipinski definition) is 1. The lowest BCUT2D eigenvalue weighted by molar-refractivity contribution is -0.136. The zero-order valence-corrected chi connectivity index (χ0v) is 9.23. The van der Waals surface area contributed by atoms with E-state index in [1.807, 2.05) is 0 Å². The molecule has 3 nitrogen and oxygen atoms in total. The second kappa shape index (κ2) is 4.91. The summed E-state index contributed by atoms with van der Waals surface area (Å²) in [5.74, 6) is -2.32. The Morgan fingerprint density at radius 2 is 1.83 bits per heavy atom. The molecule has 92 valence electrons. The number of pyridine rings is 1. The van der Waals surface area contributed by atoms with E-state index in [4.69, 9.17) is 5.11 Å². The smallest absolute Gasteiger partial charge is 0.307 e. The van der Waals surface area contributed by atoms with Crippen LogP contribution >= 0.6 is 0 Å². The number of carboxylic acids is 1. The number of carboxylic acid groups (broad SMARTS) is 1. The average molecular weight is 249 g/mol. The molecule has 0 spiro atoms. The Bertz CT molecular complexity index is 562. The molecule has 1 heterocycles. The summed E-state index contributed by atoms with van der Waals surface area (Å²) in [5.41, 5.74) is 1.24. The van der Waals surface area contributed by atoms with Crippen molar-refractivity contribution in [2.24, 2.45) is 0 Å². The van der Waals surface area contributed by atoms with Gasteiger partial charge in [-0.05, 0) is 23.8 Å². The highest BCUT2D eigenvalue weighted by molar-refractivity contribution is 5.70. The first-order chi connectivity index (χ1) is 8.54. The van der Waals surface area contributed by atoms with Crippen molar-refractivity contribution in [2.75, 3.05) is 0 Å². The number of aliphatic carboxylic acids is 1. The van der Waals surface area contributed by atoms with Crippen molar-refractivity contribution in [3.63, 3.8) is 0 Å². The van der Waals surface area contributed by atoms with Crippen LogP contribution in [-0.4, -0.2) is 16.1 Å². The van der Waals surface area contributed by atoms with E-state index in [0.29, 0.717) is 16.8 Å². The van der Waals surface area contributed by atoms with Crippen LogP contribution in [0.3, 0.4) is 0 Å². The van der Waals surface area contributed by atoms with Crippen LogP contribution in [0.2, 0.25) is 0 Å². The molecule has 0 aliphatic rings. The first-order valence-corrected chi connectivity index (χ1v) is 5.18. The summed E-state index contributed by atoms with van der Waals surface area (Å²) in [7, 11) is 0. The van der Waals surface area contributed by atoms with E-state index in [9.17, 15) is 13.6 Å². The first-order valence-electron chi connectivity index (χ1n) is 5.18. The SMILES string of the molecule is O=C(O)Cc1ccc(-c2cc(F)cc(F)c2)nc1. The Balaban J connectivity index is 2.31. The maximum absolute atomic E-state index is 13.0. The van der Waals surface area contributed by atoms with Crippen LogP contribution in [0.5, 0.6) is 0 Å². The van der Waals surface area contributed by atoms with Crippen molar-refractivity contribution in [3.8, 4) is 11.3 Å². The van der Waals surface area contributed by atoms with Gasteiger partial charge >= 0.3 is 5.97 Å². The standard InChI is InChI=1S/C13H9F2NO2/c14-10-4-9(5-11(15)6-10)12-2-1-8(7-16-12)3-13(17)18/h1-2,4-7H,3H2,(H,17,18). The van der Waals surface area contributed by atoms with Crippen LogP contribution in [-0.2, 0) is 11.2 Å². The van der Waals surface area contributed by atoms with Gasteiger partial charge in [-0.25, -0.2) is 8.78 Å². The summed E-state index contributed by atoms with van der Waals surface area (Å²) in [5, 5.41) is 8.60. The second-order valence-corrected chi connectivity index (χ2v) is 3.78. The first kappa shape index (κ1) is 12.2. The minimum atomic E-state index is -0.957. The van der Waals surface area contributed by atoms with Crippen LogP contribution in [0, 0.1) is 11.6 Å². The lowest BCUT2D eigenvalue weighted by Gasteiger charge is -2.03. The second-order valence-electron chi connectivity index (χ2n) is 3.78. The third-order valence-corrected chi connectivity index (χ3v) is 2.34. The lowest BCUT2D eigenvalue weighted by Crippen LogP contribution is -2.00. The normalized spacial score (nSPS) is 10.3. The van der Waals surface area contributed by atoms with E-state index in [1.54, 1.807) is 6.07 Å². The van der Waals surface area contributed by atoms with Crippen LogP contribution in [0.25, 0.3) is 11.3 Å². The molecule has 2 aromatic rings. The summed E-state index contributed by atoms with van der Waals surface area (Å²) < 4.78 is 26.0. The van der Waals surface area contributed by atoms with Gasteiger partial charge in [-0.3, -0.25) is 9.78 Å². The highest BCUT2D eigenvalue weighted by Gasteiger charge is 2.06. The number of nitrogens with zero attached hydrogens (tertiary/aromatic N) is 1. The molecule has 2 rings (SSSR count). The monoisotopic (exact) mass is 249 g/mol. The van der Waals surface area contributed by atoms with Gasteiger partial charge in [-0.15, -0.1) is 0 Å². The zero-order valence-electron chi connectivity index (χ0n) is 9.23. The van der Waals surface area contributed by atoms with E-state index in [-0.39, 0.29) is 6.42 Å². The Morgan fingerprint density at radius 3 is 2.33 bits per heavy atom. The summed E-state index contributed by atoms with van der Waals surface area (Å²) in [6.07, 6.45) is 1.25. The molecule has 0 radical (unpaired) electrons. The summed E-state index contributed by atoms with van der Waals surface area (Å²) in [4.78, 5) is 14.5. The third kappa shape index (κ3) is 2.88. The molecule has 0 unspecified atom stereocenters. The average Bonchev–Trinajstić information content (AvgIpc) is 2.27. The van der Waals surface area contributed by atoms with E-state index in [2.05, 4.69) is 4.98 Å². The number of halogens is 2. The van der Waals surface area contributed by atoms with E-state index in [1.165, 1.54) is 24.4 Å². The Labute approximate surface area is 102 Å². The number of aromatic nitrogens is 1. The van der Waals surface area contributed by atoms with Gasteiger partial charge < -0.3 is 5.11 Å². The van der Waals surface area contributed by atoms with Gasteiger partial charge in [0.15, 0.2) is 0 Å². The third-order valence-electron chi connectivity index (χ3n) is 2.34. The van der Waals surface area contributed by atoms with Gasteiger partial charge in [0.2, 0.25) is 0 Å². The number of benzene rings is 1. The van der Waals surface area contributed by atoms with Crippen LogP contribution in [0.4, 0.5) is 8.78 Å². The number of hydrogen-bond acceptors (Lipinski definition) is 2. The van der Waals surface area contributed by atoms with Crippen LogP contribution in [0.15, 0.2) is 36.5 Å². The van der Waals surface area contributed by atoms with Crippen molar-refractivity contribution in [2.45, 2.75) is 6.42 Å². The van der Waals surface area contributed by atoms with Gasteiger partial charge in [-0.2, -0.15) is 0 Å². The van der Waals surface area contributed by atoms with Crippen molar-refractivity contribution in [1.82, 2.24) is 4.98 Å². The fraction of sp³-hybridized carbons (Fsp3) is 0.0769. The van der Waals surface area contributed by atoms with Gasteiger partial charge in [-0.1, -0.05) is 6.07 Å². The number of carbonyl (C=O) groups is 1. The van der Waals surface area contributed by atoms with Crippen LogP contribution in [0.1, 0.15) is 5.56 Å². The molecule has 1 aromatic heterocycles. The molecule has 1 N–H and O–H groups in total. The molecule has 0 atom stereocenters. The molecule has 5 heteroatoms. The largest absolute Gasteiger partial charge is 0.481 e. The highest BCUT2D eigenvalue weighted by Crippen LogP contribution is 2.19. The molecule has 0 aliphatic carbocycles. The van der Waals surface area contributed by atoms with E-state index >= 15 is 0 Å². The minimum Gasteiger partial charge on any atom is -0.481 e. The molecule has 0 amide bonds. The van der Waals surface area contributed by atoms with E-state index in [0.717, 1.165) is 6.07 Å². The maximum atomic E-state index is 13.0. The quantitative estimate of drug-likeness (QED) is 0.909. The summed E-state index contributed by atoms with van der Waals surface area (Å²) in [6, 6.07) is 6.22. The maximum Gasteiger partial charge on any atom is 0.307 e. The van der Waals surface area contributed by atoms with Gasteiger partial charge in [0.25, 0.3) is 0 Å². The molecular formula is C13H9F2NO2. The molecule has 1 aromatic carbocycles. The van der Waals surface area contributed by atoms with E-state index < -0.39 is 17.6 Å². The molecule has 0 saturated carbocycles. The van der Waals surface area contributed by atoms with Crippen LogP contribution < -0.4 is 0 Å². The summed E-state index contributed by atoms with van der Waals surface area (Å²) in [6.45, 7) is 0. The van der Waals surface area contributed by atoms with Gasteiger partial charge in [0, 0.05) is 17.8 Å². The fourth-order valence-electron chi connectivity index (χ4n) is 1.58. The predicted molar refractivity (Wildman–Crippen MR) is 60.9 cm³/mol. The molecule has 0 fully saturated rings. The van der Waals surface area contributed by atoms with Gasteiger partial charge in [0.05, 0.1) is 12.1 Å². The van der Waals surface area contributed by atoms with Crippen molar-refractivity contribution in [1.29, 1.82) is 0 Å². The summed E-state index contributed by atoms with van der Waals surface area (Å²) >= 11 is 0. The molecule has 0 bridgehead atoms. The van der Waals surface area contributed by atoms with Gasteiger partial charge in [0.1, 0.15) is 11.6 Å². The van der Waals surface area contributed by atoms with Crippen molar-refractivity contribution < 1.29 is 18.7 Å². The molecule has 0 saturated heterocycles. The molecular weight excluding hydrogens is 240 g/mol. The molecule has 0 aliphatic heterocycles. The lowest BCUT2D eigenvalue weighted by atomic mass is 10.1. The van der Waals surface area contributed by atoms with Crippen molar-refractivity contribution in [3.05, 3.63) is 53.7 Å². The Morgan fingerprint density at radius 1 is 1.17 bits per heavy atom. The Hall–Kier alpha value is -2.30. The Kier molecular flexibility index (Phi) is 3.32. The minimum absolute atomic E-state index is 0.134. The number of rotatable bonds is 3. The van der Waals surface area contributed by atoms with Crippen molar-refractivity contribution >= 4 is 5.97 Å². The topological polar surface area (TPSA) is 50.2 Å². The molecule has 18 heavy (non-hydrogen) atoms. The predicted octanol–water partition coefficient (Wildman–Crippen LogP) is 2.65.